The van der Waals surface area contributed by atoms with E-state index < -0.39 is 9.84 Å². The van der Waals surface area contributed by atoms with Crippen LogP contribution in [0, 0.1) is 5.92 Å². The number of hydrogen-bond acceptors (Lipinski definition) is 4. The first kappa shape index (κ1) is 17.7. The first-order chi connectivity index (χ1) is 9.71. The zero-order valence-electron chi connectivity index (χ0n) is 13.0. The van der Waals surface area contributed by atoms with Crippen molar-refractivity contribution in [1.29, 1.82) is 0 Å². The van der Waals surface area contributed by atoms with Crippen molar-refractivity contribution >= 4 is 15.7 Å². The molecule has 5 nitrogen and oxygen atoms in total. The fourth-order valence-electron chi connectivity index (χ4n) is 1.80. The molecule has 21 heavy (non-hydrogen) atoms. The predicted octanol–water partition coefficient (Wildman–Crippen LogP) is 1.51. The number of carbonyl (C=O) groups excluding carboxylic acids is 1. The summed E-state index contributed by atoms with van der Waals surface area (Å²) in [6, 6.07) is 6.93. The Bertz CT molecular complexity index is 565. The van der Waals surface area contributed by atoms with Crippen LogP contribution in [0.4, 0.5) is 0 Å². The maximum absolute atomic E-state index is 11.4. The van der Waals surface area contributed by atoms with E-state index in [4.69, 9.17) is 0 Å². The standard InChI is InChI=1S/C15H24N2O3S/c1-11(2)15(18)17-10-9-16-12(3)13-5-7-14(8-6-13)21(4,19)20/h5-8,11-12,16H,9-10H2,1-4H3,(H,17,18). The molecule has 0 aliphatic heterocycles. The molecule has 0 saturated heterocycles. The first-order valence-electron chi connectivity index (χ1n) is 7.03. The van der Waals surface area contributed by atoms with Gasteiger partial charge in [0.05, 0.1) is 4.90 Å². The lowest BCUT2D eigenvalue weighted by Crippen LogP contribution is -2.35. The average molecular weight is 312 g/mol. The molecule has 1 aromatic carbocycles. The molecule has 0 fully saturated rings. The van der Waals surface area contributed by atoms with Crippen molar-refractivity contribution in [3.8, 4) is 0 Å². The van der Waals surface area contributed by atoms with Gasteiger partial charge >= 0.3 is 0 Å². The van der Waals surface area contributed by atoms with E-state index in [1.54, 1.807) is 24.3 Å². The van der Waals surface area contributed by atoms with E-state index in [0.29, 0.717) is 18.0 Å². The molecule has 6 heteroatoms. The third-order valence-corrected chi connectivity index (χ3v) is 4.34. The maximum atomic E-state index is 11.4. The van der Waals surface area contributed by atoms with Gasteiger partial charge in [-0.25, -0.2) is 8.42 Å². The number of carbonyl (C=O) groups is 1. The quantitative estimate of drug-likeness (QED) is 0.748. The largest absolute Gasteiger partial charge is 0.355 e. The van der Waals surface area contributed by atoms with Crippen molar-refractivity contribution in [1.82, 2.24) is 10.6 Å². The summed E-state index contributed by atoms with van der Waals surface area (Å²) < 4.78 is 22.8. The zero-order valence-corrected chi connectivity index (χ0v) is 13.8. The minimum absolute atomic E-state index is 0.00837. The highest BCUT2D eigenvalue weighted by Gasteiger charge is 2.09. The molecule has 118 valence electrons. The molecule has 1 rings (SSSR count). The SMILES string of the molecule is CC(C)C(=O)NCCNC(C)c1ccc(S(C)(=O)=O)cc1. The molecule has 1 aromatic rings. The van der Waals surface area contributed by atoms with Crippen molar-refractivity contribution < 1.29 is 13.2 Å². The number of hydrogen-bond donors (Lipinski definition) is 2. The van der Waals surface area contributed by atoms with Crippen LogP contribution in [0.1, 0.15) is 32.4 Å². The summed E-state index contributed by atoms with van der Waals surface area (Å²) in [6.07, 6.45) is 1.20. The summed E-state index contributed by atoms with van der Waals surface area (Å²) in [7, 11) is -3.15. The Morgan fingerprint density at radius 1 is 1.10 bits per heavy atom. The molecule has 0 spiro atoms. The highest BCUT2D eigenvalue weighted by Crippen LogP contribution is 2.15. The average Bonchev–Trinajstić information content (AvgIpc) is 2.42. The van der Waals surface area contributed by atoms with E-state index in [2.05, 4.69) is 10.6 Å². The van der Waals surface area contributed by atoms with Crippen LogP contribution < -0.4 is 10.6 Å². The Morgan fingerprint density at radius 2 is 1.67 bits per heavy atom. The normalized spacial score (nSPS) is 13.2. The monoisotopic (exact) mass is 312 g/mol. The predicted molar refractivity (Wildman–Crippen MR) is 83.8 cm³/mol. The van der Waals surface area contributed by atoms with Crippen LogP contribution in [0.15, 0.2) is 29.2 Å². The van der Waals surface area contributed by atoms with Gasteiger partial charge in [-0.1, -0.05) is 26.0 Å². The Labute approximate surface area is 127 Å². The highest BCUT2D eigenvalue weighted by atomic mass is 32.2. The molecule has 0 aliphatic carbocycles. The van der Waals surface area contributed by atoms with Crippen molar-refractivity contribution in [3.63, 3.8) is 0 Å². The lowest BCUT2D eigenvalue weighted by Gasteiger charge is -2.15. The lowest BCUT2D eigenvalue weighted by atomic mass is 10.1. The van der Waals surface area contributed by atoms with Gasteiger partial charge in [-0.3, -0.25) is 4.79 Å². The number of sulfone groups is 1. The van der Waals surface area contributed by atoms with E-state index in [1.807, 2.05) is 20.8 Å². The Kier molecular flexibility index (Phi) is 6.36. The molecule has 0 heterocycles. The van der Waals surface area contributed by atoms with Crippen LogP contribution in [0.25, 0.3) is 0 Å². The third kappa shape index (κ3) is 5.85. The highest BCUT2D eigenvalue weighted by molar-refractivity contribution is 7.90. The molecule has 1 unspecified atom stereocenters. The van der Waals surface area contributed by atoms with E-state index >= 15 is 0 Å². The zero-order chi connectivity index (χ0) is 16.0. The van der Waals surface area contributed by atoms with Gasteiger partial charge in [-0.15, -0.1) is 0 Å². The Balaban J connectivity index is 2.46. The van der Waals surface area contributed by atoms with Gasteiger partial charge in [0.2, 0.25) is 5.91 Å². The molecule has 0 aliphatic rings. The van der Waals surface area contributed by atoms with Gasteiger partial charge in [0.1, 0.15) is 0 Å². The Morgan fingerprint density at radius 3 is 2.14 bits per heavy atom. The van der Waals surface area contributed by atoms with Gasteiger partial charge in [0.25, 0.3) is 0 Å². The molecule has 0 aromatic heterocycles. The van der Waals surface area contributed by atoms with Crippen molar-refractivity contribution in [3.05, 3.63) is 29.8 Å². The van der Waals surface area contributed by atoms with Gasteiger partial charge in [0.15, 0.2) is 9.84 Å². The number of nitrogens with one attached hydrogen (secondary N) is 2. The number of rotatable bonds is 7. The van der Waals surface area contributed by atoms with Gasteiger partial charge < -0.3 is 10.6 Å². The second kappa shape index (κ2) is 7.56. The first-order valence-corrected chi connectivity index (χ1v) is 8.92. The van der Waals surface area contributed by atoms with Crippen molar-refractivity contribution in [2.45, 2.75) is 31.7 Å². The second-order valence-corrected chi connectivity index (χ2v) is 7.48. The fraction of sp³-hybridized carbons (Fsp3) is 0.533. The van der Waals surface area contributed by atoms with Crippen LogP contribution in [0.2, 0.25) is 0 Å². The summed E-state index contributed by atoms with van der Waals surface area (Å²) in [5.41, 5.74) is 1.01. The minimum atomic E-state index is -3.15. The second-order valence-electron chi connectivity index (χ2n) is 5.46. The lowest BCUT2D eigenvalue weighted by molar-refractivity contribution is -0.123. The van der Waals surface area contributed by atoms with E-state index in [9.17, 15) is 13.2 Å². The van der Waals surface area contributed by atoms with Crippen molar-refractivity contribution in [2.24, 2.45) is 5.92 Å². The summed E-state index contributed by atoms with van der Waals surface area (Å²) in [4.78, 5) is 11.7. The minimum Gasteiger partial charge on any atom is -0.355 e. The van der Waals surface area contributed by atoms with Crippen LogP contribution in [0.5, 0.6) is 0 Å². The number of amides is 1. The van der Waals surface area contributed by atoms with Crippen LogP contribution in [-0.2, 0) is 14.6 Å². The van der Waals surface area contributed by atoms with E-state index in [-0.39, 0.29) is 17.9 Å². The summed E-state index contributed by atoms with van der Waals surface area (Å²) in [6.45, 7) is 6.94. The van der Waals surface area contributed by atoms with Crippen LogP contribution in [0.3, 0.4) is 0 Å². The van der Waals surface area contributed by atoms with Crippen molar-refractivity contribution in [2.75, 3.05) is 19.3 Å². The maximum Gasteiger partial charge on any atom is 0.222 e. The van der Waals surface area contributed by atoms with Gasteiger partial charge in [-0.05, 0) is 24.6 Å². The summed E-state index contributed by atoms with van der Waals surface area (Å²) in [5.74, 6) is 0.0351. The molecular formula is C15H24N2O3S. The van der Waals surface area contributed by atoms with Crippen LogP contribution in [-0.4, -0.2) is 33.7 Å². The molecule has 2 N–H and O–H groups in total. The molecular weight excluding hydrogens is 288 g/mol. The van der Waals surface area contributed by atoms with E-state index in [1.165, 1.54) is 6.26 Å². The summed E-state index contributed by atoms with van der Waals surface area (Å²) in [5, 5.41) is 6.12. The molecule has 0 saturated carbocycles. The third-order valence-electron chi connectivity index (χ3n) is 3.21. The summed E-state index contributed by atoms with van der Waals surface area (Å²) >= 11 is 0. The van der Waals surface area contributed by atoms with Crippen LogP contribution >= 0.6 is 0 Å². The Hall–Kier alpha value is -1.40. The van der Waals surface area contributed by atoms with Gasteiger partial charge in [-0.2, -0.15) is 0 Å². The smallest absolute Gasteiger partial charge is 0.222 e. The molecule has 0 bridgehead atoms. The fourth-order valence-corrected chi connectivity index (χ4v) is 2.43. The molecule has 1 atom stereocenters. The van der Waals surface area contributed by atoms with E-state index in [0.717, 1.165) is 5.56 Å². The van der Waals surface area contributed by atoms with Gasteiger partial charge in [0, 0.05) is 31.3 Å². The molecule has 0 radical (unpaired) electrons. The number of benzene rings is 1. The molecule has 1 amide bonds. The topological polar surface area (TPSA) is 75.3 Å².